The summed E-state index contributed by atoms with van der Waals surface area (Å²) >= 11 is 18.2. The molecule has 0 aliphatic carbocycles. The third-order valence-corrected chi connectivity index (χ3v) is 4.06. The van der Waals surface area contributed by atoms with Crippen LogP contribution in [0.15, 0.2) is 12.1 Å². The van der Waals surface area contributed by atoms with E-state index in [1.165, 1.54) is 0 Å². The highest BCUT2D eigenvalue weighted by Gasteiger charge is 2.15. The molecule has 1 fully saturated rings. The smallest absolute Gasteiger partial charge is 0.0652 e. The summed E-state index contributed by atoms with van der Waals surface area (Å²) in [5.74, 6) is 0. The predicted molar refractivity (Wildman–Crippen MR) is 72.2 cm³/mol. The van der Waals surface area contributed by atoms with Gasteiger partial charge in [-0.15, -0.1) is 0 Å². The first-order valence-corrected chi connectivity index (χ1v) is 6.75. The second-order valence-electron chi connectivity index (χ2n) is 4.12. The molecular weight excluding hydrogens is 280 g/mol. The van der Waals surface area contributed by atoms with Crippen molar-refractivity contribution in [2.45, 2.75) is 25.4 Å². The van der Waals surface area contributed by atoms with Gasteiger partial charge in [0.05, 0.1) is 16.7 Å². The van der Waals surface area contributed by atoms with E-state index in [0.717, 1.165) is 31.6 Å². The van der Waals surface area contributed by atoms with Crippen LogP contribution in [0.4, 0.5) is 0 Å². The van der Waals surface area contributed by atoms with Gasteiger partial charge in [0.1, 0.15) is 0 Å². The van der Waals surface area contributed by atoms with Crippen LogP contribution < -0.4 is 5.32 Å². The summed E-state index contributed by atoms with van der Waals surface area (Å²) < 4.78 is 5.40. The van der Waals surface area contributed by atoms with E-state index in [2.05, 4.69) is 5.32 Å². The Labute approximate surface area is 116 Å². The van der Waals surface area contributed by atoms with Crippen molar-refractivity contribution < 1.29 is 4.74 Å². The lowest BCUT2D eigenvalue weighted by Crippen LogP contribution is -2.36. The van der Waals surface area contributed by atoms with E-state index in [0.29, 0.717) is 27.7 Å². The van der Waals surface area contributed by atoms with Gasteiger partial charge in [0, 0.05) is 29.8 Å². The summed E-state index contributed by atoms with van der Waals surface area (Å²) in [5, 5.41) is 5.10. The van der Waals surface area contributed by atoms with Crippen LogP contribution in [0.1, 0.15) is 18.4 Å². The number of nitrogens with one attached hydrogen (secondary N) is 1. The molecule has 0 bridgehead atoms. The summed E-state index contributed by atoms with van der Waals surface area (Å²) in [5.41, 5.74) is 0.853. The maximum absolute atomic E-state index is 6.13. The summed E-state index contributed by atoms with van der Waals surface area (Å²) in [6, 6.07) is 3.85. The van der Waals surface area contributed by atoms with Crippen molar-refractivity contribution in [2.24, 2.45) is 0 Å². The van der Waals surface area contributed by atoms with E-state index in [1.54, 1.807) is 12.1 Å². The molecule has 2 rings (SSSR count). The molecule has 0 spiro atoms. The van der Waals surface area contributed by atoms with Crippen LogP contribution >= 0.6 is 34.8 Å². The van der Waals surface area contributed by atoms with E-state index >= 15 is 0 Å². The molecule has 1 unspecified atom stereocenters. The van der Waals surface area contributed by atoms with Gasteiger partial charge in [0.2, 0.25) is 0 Å². The van der Waals surface area contributed by atoms with Crippen LogP contribution in [0.5, 0.6) is 0 Å². The topological polar surface area (TPSA) is 21.3 Å². The number of halogens is 3. The summed E-state index contributed by atoms with van der Waals surface area (Å²) in [6.45, 7) is 2.22. The Morgan fingerprint density at radius 3 is 2.71 bits per heavy atom. The molecule has 1 aliphatic heterocycles. The first-order valence-electron chi connectivity index (χ1n) is 5.62. The Hall–Kier alpha value is 0.01000. The second-order valence-corrected chi connectivity index (χ2v) is 5.31. The van der Waals surface area contributed by atoms with Gasteiger partial charge in [0.15, 0.2) is 0 Å². The van der Waals surface area contributed by atoms with Crippen molar-refractivity contribution in [1.29, 1.82) is 0 Å². The Morgan fingerprint density at radius 1 is 1.24 bits per heavy atom. The molecular formula is C12H14Cl3NO. The van der Waals surface area contributed by atoms with Gasteiger partial charge >= 0.3 is 0 Å². The van der Waals surface area contributed by atoms with Gasteiger partial charge in [0.25, 0.3) is 0 Å². The molecule has 0 amide bonds. The maximum atomic E-state index is 6.13. The molecule has 0 aromatic heterocycles. The van der Waals surface area contributed by atoms with Crippen molar-refractivity contribution in [2.75, 3.05) is 13.2 Å². The van der Waals surface area contributed by atoms with Crippen LogP contribution in [-0.2, 0) is 11.3 Å². The standard InChI is InChI=1S/C12H14Cl3NO/c13-10-3-4-11(14)12(15)9(10)6-16-8-2-1-5-17-7-8/h3-4,8,16H,1-2,5-7H2. The number of ether oxygens (including phenoxy) is 1. The average Bonchev–Trinajstić information content (AvgIpc) is 2.35. The van der Waals surface area contributed by atoms with Crippen molar-refractivity contribution in [3.8, 4) is 0 Å². The number of rotatable bonds is 3. The lowest BCUT2D eigenvalue weighted by molar-refractivity contribution is 0.0699. The number of hydrogen-bond acceptors (Lipinski definition) is 2. The fourth-order valence-electron chi connectivity index (χ4n) is 1.88. The fourth-order valence-corrected chi connectivity index (χ4v) is 2.56. The fraction of sp³-hybridized carbons (Fsp3) is 0.500. The zero-order valence-corrected chi connectivity index (χ0v) is 11.6. The minimum absolute atomic E-state index is 0.370. The van der Waals surface area contributed by atoms with Gasteiger partial charge in [-0.25, -0.2) is 0 Å². The molecule has 0 saturated carbocycles. The maximum Gasteiger partial charge on any atom is 0.0652 e. The molecule has 94 valence electrons. The summed E-state index contributed by atoms with van der Waals surface area (Å²) in [6.07, 6.45) is 2.21. The van der Waals surface area contributed by atoms with Crippen LogP contribution in [0, 0.1) is 0 Å². The van der Waals surface area contributed by atoms with Crippen molar-refractivity contribution in [3.63, 3.8) is 0 Å². The van der Waals surface area contributed by atoms with E-state index in [1.807, 2.05) is 0 Å². The van der Waals surface area contributed by atoms with Gasteiger partial charge in [-0.1, -0.05) is 34.8 Å². The summed E-state index contributed by atoms with van der Waals surface area (Å²) in [4.78, 5) is 0. The van der Waals surface area contributed by atoms with Crippen molar-refractivity contribution >= 4 is 34.8 Å². The van der Waals surface area contributed by atoms with Crippen LogP contribution in [-0.4, -0.2) is 19.3 Å². The molecule has 17 heavy (non-hydrogen) atoms. The second kappa shape index (κ2) is 6.26. The molecule has 1 N–H and O–H groups in total. The third-order valence-electron chi connectivity index (χ3n) is 2.87. The first-order chi connectivity index (χ1) is 8.18. The molecule has 1 aliphatic rings. The highest BCUT2D eigenvalue weighted by molar-refractivity contribution is 6.44. The Balaban J connectivity index is 2.00. The third kappa shape index (κ3) is 3.49. The highest BCUT2D eigenvalue weighted by atomic mass is 35.5. The highest BCUT2D eigenvalue weighted by Crippen LogP contribution is 2.31. The Morgan fingerprint density at radius 2 is 2.00 bits per heavy atom. The number of hydrogen-bond donors (Lipinski definition) is 1. The molecule has 0 radical (unpaired) electrons. The van der Waals surface area contributed by atoms with E-state index < -0.39 is 0 Å². The van der Waals surface area contributed by atoms with Crippen LogP contribution in [0.25, 0.3) is 0 Å². The zero-order chi connectivity index (χ0) is 12.3. The molecule has 1 aromatic carbocycles. The largest absolute Gasteiger partial charge is 0.380 e. The Kier molecular flexibility index (Phi) is 4.95. The normalized spacial score (nSPS) is 20.5. The van der Waals surface area contributed by atoms with Gasteiger partial charge in [-0.2, -0.15) is 0 Å². The van der Waals surface area contributed by atoms with Crippen molar-refractivity contribution in [1.82, 2.24) is 5.32 Å². The van der Waals surface area contributed by atoms with E-state index in [4.69, 9.17) is 39.5 Å². The lowest BCUT2D eigenvalue weighted by Gasteiger charge is -2.23. The monoisotopic (exact) mass is 293 g/mol. The molecule has 5 heteroatoms. The first kappa shape index (κ1) is 13.4. The summed E-state index contributed by atoms with van der Waals surface area (Å²) in [7, 11) is 0. The average molecular weight is 295 g/mol. The lowest BCUT2D eigenvalue weighted by atomic mass is 10.1. The molecule has 1 saturated heterocycles. The molecule has 1 atom stereocenters. The predicted octanol–water partition coefficient (Wildman–Crippen LogP) is 3.92. The van der Waals surface area contributed by atoms with Crippen LogP contribution in [0.2, 0.25) is 15.1 Å². The quantitative estimate of drug-likeness (QED) is 0.853. The minimum Gasteiger partial charge on any atom is -0.380 e. The zero-order valence-electron chi connectivity index (χ0n) is 9.31. The van der Waals surface area contributed by atoms with E-state index in [9.17, 15) is 0 Å². The van der Waals surface area contributed by atoms with Gasteiger partial charge < -0.3 is 10.1 Å². The van der Waals surface area contributed by atoms with Crippen molar-refractivity contribution in [3.05, 3.63) is 32.8 Å². The van der Waals surface area contributed by atoms with Gasteiger partial charge in [-0.05, 0) is 25.0 Å². The minimum atomic E-state index is 0.370. The number of benzene rings is 1. The molecule has 1 heterocycles. The molecule has 1 aromatic rings. The van der Waals surface area contributed by atoms with E-state index in [-0.39, 0.29) is 0 Å². The Bertz CT molecular complexity index is 392. The van der Waals surface area contributed by atoms with Crippen LogP contribution in [0.3, 0.4) is 0 Å². The SMILES string of the molecule is Clc1ccc(Cl)c(CNC2CCCOC2)c1Cl. The molecule has 2 nitrogen and oxygen atoms in total. The van der Waals surface area contributed by atoms with Gasteiger partial charge in [-0.3, -0.25) is 0 Å².